The standard InChI is InChI=1S/C11H18N2O2S2/c1-10-4-2-6-13(9-10)17(14,15)12-8-11-5-3-7-16-11/h3,5,7,10,12H,2,4,6,8-9H2,1H3/t10-/m0/s1. The fourth-order valence-electron chi connectivity index (χ4n) is 2.03. The topological polar surface area (TPSA) is 49.4 Å². The van der Waals surface area contributed by atoms with Gasteiger partial charge in [0.2, 0.25) is 0 Å². The summed E-state index contributed by atoms with van der Waals surface area (Å²) < 4.78 is 28.3. The summed E-state index contributed by atoms with van der Waals surface area (Å²) in [5.74, 6) is 0.460. The first kappa shape index (κ1) is 13.0. The molecule has 0 unspecified atom stereocenters. The Morgan fingerprint density at radius 2 is 2.41 bits per heavy atom. The average Bonchev–Trinajstić information content (AvgIpc) is 2.79. The summed E-state index contributed by atoms with van der Waals surface area (Å²) in [6.07, 6.45) is 2.08. The Bertz CT molecular complexity index is 442. The molecule has 0 saturated carbocycles. The van der Waals surface area contributed by atoms with Crippen LogP contribution in [0.5, 0.6) is 0 Å². The van der Waals surface area contributed by atoms with Crippen LogP contribution in [0.3, 0.4) is 0 Å². The molecule has 0 aliphatic carbocycles. The van der Waals surface area contributed by atoms with E-state index in [9.17, 15) is 8.42 Å². The van der Waals surface area contributed by atoms with Gasteiger partial charge in [0.15, 0.2) is 0 Å². The normalized spacial score (nSPS) is 22.8. The fraction of sp³-hybridized carbons (Fsp3) is 0.636. The van der Waals surface area contributed by atoms with Crippen LogP contribution < -0.4 is 4.72 Å². The van der Waals surface area contributed by atoms with Crippen LogP contribution in [-0.4, -0.2) is 25.8 Å². The molecule has 1 atom stereocenters. The highest BCUT2D eigenvalue weighted by Crippen LogP contribution is 2.18. The molecule has 0 spiro atoms. The van der Waals surface area contributed by atoms with Gasteiger partial charge in [-0.25, -0.2) is 0 Å². The summed E-state index contributed by atoms with van der Waals surface area (Å²) in [6.45, 7) is 3.77. The molecule has 1 saturated heterocycles. The molecule has 2 heterocycles. The molecule has 4 nitrogen and oxygen atoms in total. The van der Waals surface area contributed by atoms with Gasteiger partial charge in [-0.05, 0) is 30.2 Å². The maximum absolute atomic E-state index is 12.0. The van der Waals surface area contributed by atoms with Crippen LogP contribution in [-0.2, 0) is 16.8 Å². The van der Waals surface area contributed by atoms with Gasteiger partial charge >= 0.3 is 0 Å². The third-order valence-corrected chi connectivity index (χ3v) is 5.37. The molecule has 1 aliphatic rings. The van der Waals surface area contributed by atoms with E-state index in [0.717, 1.165) is 17.7 Å². The lowest BCUT2D eigenvalue weighted by Gasteiger charge is -2.29. The predicted molar refractivity (Wildman–Crippen MR) is 70.0 cm³/mol. The van der Waals surface area contributed by atoms with Crippen molar-refractivity contribution in [2.45, 2.75) is 26.3 Å². The molecule has 17 heavy (non-hydrogen) atoms. The zero-order valence-electron chi connectivity index (χ0n) is 9.93. The molecular weight excluding hydrogens is 256 g/mol. The summed E-state index contributed by atoms with van der Waals surface area (Å²) >= 11 is 1.57. The number of nitrogens with zero attached hydrogens (tertiary/aromatic N) is 1. The van der Waals surface area contributed by atoms with Crippen LogP contribution >= 0.6 is 11.3 Å². The van der Waals surface area contributed by atoms with Gasteiger partial charge < -0.3 is 0 Å². The van der Waals surface area contributed by atoms with Crippen molar-refractivity contribution in [3.05, 3.63) is 22.4 Å². The molecule has 0 bridgehead atoms. The van der Waals surface area contributed by atoms with Gasteiger partial charge in [-0.15, -0.1) is 11.3 Å². The van der Waals surface area contributed by atoms with E-state index in [4.69, 9.17) is 0 Å². The molecule has 0 radical (unpaired) electrons. The molecule has 2 rings (SSSR count). The second kappa shape index (κ2) is 5.48. The highest BCUT2D eigenvalue weighted by atomic mass is 32.2. The lowest BCUT2D eigenvalue weighted by atomic mass is 10.0. The van der Waals surface area contributed by atoms with Crippen molar-refractivity contribution in [2.75, 3.05) is 13.1 Å². The van der Waals surface area contributed by atoms with Crippen LogP contribution in [0.25, 0.3) is 0 Å². The van der Waals surface area contributed by atoms with E-state index in [-0.39, 0.29) is 0 Å². The zero-order chi connectivity index (χ0) is 12.3. The Morgan fingerprint density at radius 3 is 3.06 bits per heavy atom. The first-order valence-corrected chi connectivity index (χ1v) is 8.17. The minimum atomic E-state index is -3.30. The quantitative estimate of drug-likeness (QED) is 0.910. The third-order valence-electron chi connectivity index (χ3n) is 2.97. The average molecular weight is 274 g/mol. The van der Waals surface area contributed by atoms with Crippen molar-refractivity contribution in [3.63, 3.8) is 0 Å². The fourth-order valence-corrected chi connectivity index (χ4v) is 4.11. The maximum Gasteiger partial charge on any atom is 0.279 e. The first-order chi connectivity index (χ1) is 8.08. The predicted octanol–water partition coefficient (Wildman–Crippen LogP) is 1.81. The smallest absolute Gasteiger partial charge is 0.197 e. The van der Waals surface area contributed by atoms with Gasteiger partial charge in [-0.2, -0.15) is 17.4 Å². The molecular formula is C11H18N2O2S2. The van der Waals surface area contributed by atoms with Gasteiger partial charge in [-0.3, -0.25) is 0 Å². The number of nitrogens with one attached hydrogen (secondary N) is 1. The summed E-state index contributed by atoms with van der Waals surface area (Å²) in [7, 11) is -3.30. The van der Waals surface area contributed by atoms with Crippen LogP contribution in [0, 0.1) is 5.92 Å². The molecule has 0 amide bonds. The van der Waals surface area contributed by atoms with Crippen LogP contribution in [0.1, 0.15) is 24.6 Å². The zero-order valence-corrected chi connectivity index (χ0v) is 11.6. The van der Waals surface area contributed by atoms with Crippen molar-refractivity contribution < 1.29 is 8.42 Å². The van der Waals surface area contributed by atoms with E-state index in [2.05, 4.69) is 11.6 Å². The van der Waals surface area contributed by atoms with Gasteiger partial charge in [0.1, 0.15) is 0 Å². The number of thiophene rings is 1. The number of rotatable bonds is 4. The van der Waals surface area contributed by atoms with E-state index in [1.54, 1.807) is 15.6 Å². The van der Waals surface area contributed by atoms with Crippen molar-refractivity contribution in [1.82, 2.24) is 9.03 Å². The minimum absolute atomic E-state index is 0.394. The lowest BCUT2D eigenvalue weighted by Crippen LogP contribution is -2.45. The van der Waals surface area contributed by atoms with Crippen molar-refractivity contribution in [1.29, 1.82) is 0 Å². The van der Waals surface area contributed by atoms with E-state index >= 15 is 0 Å². The highest BCUT2D eigenvalue weighted by molar-refractivity contribution is 7.87. The molecule has 1 fully saturated rings. The van der Waals surface area contributed by atoms with Crippen molar-refractivity contribution >= 4 is 21.5 Å². The molecule has 96 valence electrons. The van der Waals surface area contributed by atoms with E-state index < -0.39 is 10.2 Å². The van der Waals surface area contributed by atoms with E-state index in [1.165, 1.54) is 0 Å². The molecule has 1 aromatic rings. The Morgan fingerprint density at radius 1 is 1.59 bits per heavy atom. The molecule has 1 aliphatic heterocycles. The van der Waals surface area contributed by atoms with E-state index in [1.807, 2.05) is 17.5 Å². The van der Waals surface area contributed by atoms with Crippen molar-refractivity contribution in [3.8, 4) is 0 Å². The molecule has 0 aromatic carbocycles. The van der Waals surface area contributed by atoms with E-state index in [0.29, 0.717) is 25.6 Å². The van der Waals surface area contributed by atoms with Crippen molar-refractivity contribution in [2.24, 2.45) is 5.92 Å². The Hall–Kier alpha value is -0.430. The third kappa shape index (κ3) is 3.51. The largest absolute Gasteiger partial charge is 0.279 e. The van der Waals surface area contributed by atoms with Gasteiger partial charge in [-0.1, -0.05) is 13.0 Å². The second-order valence-electron chi connectivity index (χ2n) is 4.51. The number of piperidine rings is 1. The SMILES string of the molecule is C[C@H]1CCCN(S(=O)(=O)NCc2cccs2)C1. The Labute approximate surface area is 107 Å². The summed E-state index contributed by atoms with van der Waals surface area (Å²) in [5, 5.41) is 1.95. The van der Waals surface area contributed by atoms with Crippen LogP contribution in [0.15, 0.2) is 17.5 Å². The Kier molecular flexibility index (Phi) is 4.19. The van der Waals surface area contributed by atoms with Crippen LogP contribution in [0.2, 0.25) is 0 Å². The Balaban J connectivity index is 1.94. The first-order valence-electron chi connectivity index (χ1n) is 5.85. The lowest BCUT2D eigenvalue weighted by molar-refractivity contribution is 0.278. The van der Waals surface area contributed by atoms with Gasteiger partial charge in [0.05, 0.1) is 0 Å². The number of hydrogen-bond acceptors (Lipinski definition) is 3. The minimum Gasteiger partial charge on any atom is -0.197 e. The maximum atomic E-state index is 12.0. The summed E-state index contributed by atoms with van der Waals surface area (Å²) in [5.41, 5.74) is 0. The molecule has 6 heteroatoms. The highest BCUT2D eigenvalue weighted by Gasteiger charge is 2.26. The monoisotopic (exact) mass is 274 g/mol. The number of hydrogen-bond donors (Lipinski definition) is 1. The molecule has 1 aromatic heterocycles. The van der Waals surface area contributed by atoms with Gasteiger partial charge in [0, 0.05) is 24.5 Å². The summed E-state index contributed by atoms with van der Waals surface area (Å²) in [6, 6.07) is 3.86. The molecule has 1 N–H and O–H groups in total. The van der Waals surface area contributed by atoms with Crippen LogP contribution in [0.4, 0.5) is 0 Å². The second-order valence-corrected chi connectivity index (χ2v) is 7.30. The van der Waals surface area contributed by atoms with Gasteiger partial charge in [0.25, 0.3) is 10.2 Å². The summed E-state index contributed by atoms with van der Waals surface area (Å²) in [4.78, 5) is 1.04.